The van der Waals surface area contributed by atoms with E-state index < -0.39 is 0 Å². The van der Waals surface area contributed by atoms with Gasteiger partial charge in [-0.15, -0.1) is 11.8 Å². The molecule has 1 amide bonds. The lowest BCUT2D eigenvalue weighted by molar-refractivity contribution is -0.128. The average molecular weight is 379 g/mol. The molecule has 0 bridgehead atoms. The van der Waals surface area contributed by atoms with Crippen molar-refractivity contribution in [3.63, 3.8) is 0 Å². The summed E-state index contributed by atoms with van der Waals surface area (Å²) < 4.78 is 13.9. The lowest BCUT2D eigenvalue weighted by Crippen LogP contribution is -2.49. The van der Waals surface area contributed by atoms with Crippen LogP contribution in [0.4, 0.5) is 10.1 Å². The lowest BCUT2D eigenvalue weighted by Gasteiger charge is -2.36. The molecule has 0 aliphatic carbocycles. The van der Waals surface area contributed by atoms with Crippen molar-refractivity contribution in [3.05, 3.63) is 64.9 Å². The molecule has 0 aromatic heterocycles. The second-order valence-electron chi connectivity index (χ2n) is 5.90. The number of benzene rings is 2. The van der Waals surface area contributed by atoms with Crippen molar-refractivity contribution in [1.82, 2.24) is 4.90 Å². The molecule has 2 aromatic carbocycles. The molecule has 1 aliphatic heterocycles. The van der Waals surface area contributed by atoms with E-state index in [2.05, 4.69) is 0 Å². The third-order valence-corrected chi connectivity index (χ3v) is 5.60. The highest BCUT2D eigenvalue weighted by Crippen LogP contribution is 2.22. The van der Waals surface area contributed by atoms with E-state index in [1.54, 1.807) is 23.9 Å². The van der Waals surface area contributed by atoms with Crippen LogP contribution < -0.4 is 4.90 Å². The van der Waals surface area contributed by atoms with E-state index >= 15 is 0 Å². The smallest absolute Gasteiger partial charge is 0.232 e. The lowest BCUT2D eigenvalue weighted by atomic mass is 10.2. The molecule has 3 rings (SSSR count). The number of amides is 1. The SMILES string of the molecule is O=C(CSCc1ccccc1Cl)N1CCN(c2ccccc2F)CC1. The van der Waals surface area contributed by atoms with Crippen molar-refractivity contribution in [2.24, 2.45) is 0 Å². The molecule has 0 saturated carbocycles. The maximum Gasteiger partial charge on any atom is 0.232 e. The minimum Gasteiger partial charge on any atom is -0.366 e. The molecular formula is C19H20ClFN2OS. The molecule has 1 fully saturated rings. The first-order valence-electron chi connectivity index (χ1n) is 8.23. The number of carbonyl (C=O) groups is 1. The summed E-state index contributed by atoms with van der Waals surface area (Å²) >= 11 is 7.70. The maximum absolute atomic E-state index is 13.9. The van der Waals surface area contributed by atoms with Crippen LogP contribution in [0.5, 0.6) is 0 Å². The van der Waals surface area contributed by atoms with Crippen molar-refractivity contribution in [2.75, 3.05) is 36.8 Å². The fourth-order valence-corrected chi connectivity index (χ4v) is 4.07. The Kier molecular flexibility index (Phi) is 6.21. The van der Waals surface area contributed by atoms with Crippen LogP contribution in [0, 0.1) is 5.82 Å². The first kappa shape index (κ1) is 18.1. The quantitative estimate of drug-likeness (QED) is 0.783. The predicted octanol–water partition coefficient (Wildman–Crippen LogP) is 4.06. The Bertz CT molecular complexity index is 735. The zero-order valence-electron chi connectivity index (χ0n) is 13.8. The van der Waals surface area contributed by atoms with Gasteiger partial charge in [-0.05, 0) is 23.8 Å². The molecule has 132 valence electrons. The molecule has 0 N–H and O–H groups in total. The number of carbonyl (C=O) groups excluding carboxylic acids is 1. The van der Waals surface area contributed by atoms with Crippen molar-refractivity contribution in [2.45, 2.75) is 5.75 Å². The van der Waals surface area contributed by atoms with Crippen LogP contribution in [0.3, 0.4) is 0 Å². The first-order valence-corrected chi connectivity index (χ1v) is 9.77. The number of halogens is 2. The van der Waals surface area contributed by atoms with E-state index in [0.29, 0.717) is 37.6 Å². The molecule has 1 heterocycles. The number of thioether (sulfide) groups is 1. The summed E-state index contributed by atoms with van der Waals surface area (Å²) in [5, 5.41) is 0.737. The van der Waals surface area contributed by atoms with Gasteiger partial charge in [0, 0.05) is 37.0 Å². The van der Waals surface area contributed by atoms with Crippen LogP contribution in [0.15, 0.2) is 48.5 Å². The van der Waals surface area contributed by atoms with E-state index in [0.717, 1.165) is 16.3 Å². The largest absolute Gasteiger partial charge is 0.366 e. The molecule has 1 saturated heterocycles. The summed E-state index contributed by atoms with van der Waals surface area (Å²) in [6, 6.07) is 14.5. The van der Waals surface area contributed by atoms with Gasteiger partial charge in [0.2, 0.25) is 5.91 Å². The van der Waals surface area contributed by atoms with Crippen molar-refractivity contribution in [3.8, 4) is 0 Å². The van der Waals surface area contributed by atoms with Gasteiger partial charge in [-0.2, -0.15) is 0 Å². The summed E-state index contributed by atoms with van der Waals surface area (Å²) in [4.78, 5) is 16.2. The minimum atomic E-state index is -0.211. The minimum absolute atomic E-state index is 0.130. The Labute approximate surface area is 156 Å². The number of piperazine rings is 1. The normalized spacial score (nSPS) is 14.6. The third-order valence-electron chi connectivity index (χ3n) is 4.27. The Morgan fingerprint density at radius 3 is 2.44 bits per heavy atom. The zero-order valence-corrected chi connectivity index (χ0v) is 15.4. The molecule has 2 aromatic rings. The van der Waals surface area contributed by atoms with Gasteiger partial charge in [-0.3, -0.25) is 4.79 Å². The van der Waals surface area contributed by atoms with Gasteiger partial charge in [-0.1, -0.05) is 41.9 Å². The first-order chi connectivity index (χ1) is 12.1. The van der Waals surface area contributed by atoms with Crippen LogP contribution in [0.1, 0.15) is 5.56 Å². The number of rotatable bonds is 5. The van der Waals surface area contributed by atoms with Crippen LogP contribution in [0.2, 0.25) is 5.02 Å². The molecule has 25 heavy (non-hydrogen) atoms. The summed E-state index contributed by atoms with van der Waals surface area (Å²) in [7, 11) is 0. The average Bonchev–Trinajstić information content (AvgIpc) is 2.64. The standard InChI is InChI=1S/C19H20ClFN2OS/c20-16-6-2-1-5-15(16)13-25-14-19(24)23-11-9-22(10-12-23)18-8-4-3-7-17(18)21/h1-8H,9-14H2. The second kappa shape index (κ2) is 8.59. The topological polar surface area (TPSA) is 23.6 Å². The van der Waals surface area contributed by atoms with E-state index in [-0.39, 0.29) is 11.7 Å². The van der Waals surface area contributed by atoms with Gasteiger partial charge in [0.15, 0.2) is 0 Å². The van der Waals surface area contributed by atoms with Crippen molar-refractivity contribution in [1.29, 1.82) is 0 Å². The van der Waals surface area contributed by atoms with E-state index in [4.69, 9.17) is 11.6 Å². The van der Waals surface area contributed by atoms with Gasteiger partial charge in [-0.25, -0.2) is 4.39 Å². The van der Waals surface area contributed by atoms with Gasteiger partial charge >= 0.3 is 0 Å². The van der Waals surface area contributed by atoms with Crippen LogP contribution >= 0.6 is 23.4 Å². The number of nitrogens with zero attached hydrogens (tertiary/aromatic N) is 2. The Morgan fingerprint density at radius 2 is 1.72 bits per heavy atom. The van der Waals surface area contributed by atoms with Crippen LogP contribution in [0.25, 0.3) is 0 Å². The molecular weight excluding hydrogens is 359 g/mol. The van der Waals surface area contributed by atoms with E-state index in [1.165, 1.54) is 6.07 Å². The molecule has 0 unspecified atom stereocenters. The van der Waals surface area contributed by atoms with Crippen molar-refractivity contribution < 1.29 is 9.18 Å². The van der Waals surface area contributed by atoms with Gasteiger partial charge in [0.1, 0.15) is 5.82 Å². The second-order valence-corrected chi connectivity index (χ2v) is 7.30. The van der Waals surface area contributed by atoms with Crippen LogP contribution in [-0.2, 0) is 10.5 Å². The highest BCUT2D eigenvalue weighted by Gasteiger charge is 2.22. The molecule has 0 spiro atoms. The molecule has 6 heteroatoms. The maximum atomic E-state index is 13.9. The van der Waals surface area contributed by atoms with Crippen LogP contribution in [-0.4, -0.2) is 42.7 Å². The molecule has 1 aliphatic rings. The summed E-state index contributed by atoms with van der Waals surface area (Å²) in [6.45, 7) is 2.56. The van der Waals surface area contributed by atoms with Crippen molar-refractivity contribution >= 4 is 35.0 Å². The number of anilines is 1. The summed E-state index contributed by atoms with van der Waals surface area (Å²) in [6.07, 6.45) is 0. The zero-order chi connectivity index (χ0) is 17.6. The Hall–Kier alpha value is -1.72. The number of para-hydroxylation sites is 1. The fourth-order valence-electron chi connectivity index (χ4n) is 2.86. The van der Waals surface area contributed by atoms with E-state index in [9.17, 15) is 9.18 Å². The third kappa shape index (κ3) is 4.67. The molecule has 3 nitrogen and oxygen atoms in total. The molecule has 0 atom stereocenters. The summed E-state index contributed by atoms with van der Waals surface area (Å²) in [5.41, 5.74) is 1.66. The molecule has 0 radical (unpaired) electrons. The highest BCUT2D eigenvalue weighted by molar-refractivity contribution is 7.99. The fraction of sp³-hybridized carbons (Fsp3) is 0.316. The Morgan fingerprint density at radius 1 is 1.04 bits per heavy atom. The van der Waals surface area contributed by atoms with Gasteiger partial charge < -0.3 is 9.80 Å². The monoisotopic (exact) mass is 378 g/mol. The summed E-state index contributed by atoms with van der Waals surface area (Å²) in [5.74, 6) is 1.08. The Balaban J connectivity index is 1.46. The number of hydrogen-bond acceptors (Lipinski definition) is 3. The van der Waals surface area contributed by atoms with Gasteiger partial charge in [0.05, 0.1) is 11.4 Å². The predicted molar refractivity (Wildman–Crippen MR) is 103 cm³/mol. The highest BCUT2D eigenvalue weighted by atomic mass is 35.5. The van der Waals surface area contributed by atoms with E-state index in [1.807, 2.05) is 40.1 Å². The van der Waals surface area contributed by atoms with Gasteiger partial charge in [0.25, 0.3) is 0 Å². The number of hydrogen-bond donors (Lipinski definition) is 0.